The van der Waals surface area contributed by atoms with E-state index in [0.717, 1.165) is 0 Å². The van der Waals surface area contributed by atoms with Crippen LogP contribution in [0.1, 0.15) is 43.0 Å². The predicted molar refractivity (Wildman–Crippen MR) is 97.4 cm³/mol. The molecule has 0 amide bonds. The lowest BCUT2D eigenvalue weighted by atomic mass is 9.83. The molecule has 1 N–H and O–H groups in total. The van der Waals surface area contributed by atoms with E-state index in [0.29, 0.717) is 0 Å². The second-order valence-electron chi connectivity index (χ2n) is 6.04. The third kappa shape index (κ3) is 2.41. The van der Waals surface area contributed by atoms with Gasteiger partial charge >= 0.3 is 0 Å². The molecule has 28 heavy (non-hydrogen) atoms. The van der Waals surface area contributed by atoms with Crippen LogP contribution >= 0.6 is 0 Å². The highest BCUT2D eigenvalue weighted by Gasteiger charge is 2.34. The molecule has 3 aromatic rings. The lowest BCUT2D eigenvalue weighted by Crippen LogP contribution is -2.21. The zero-order valence-electron chi connectivity index (χ0n) is 14.3. The third-order valence-electron chi connectivity index (χ3n) is 4.50. The normalized spacial score (nSPS) is 11.8. The summed E-state index contributed by atoms with van der Waals surface area (Å²) in [6.45, 7) is 0. The van der Waals surface area contributed by atoms with Crippen molar-refractivity contribution in [3.63, 3.8) is 0 Å². The number of hydrogen-bond acceptors (Lipinski definition) is 6. The number of nitrogens with zero attached hydrogens (tertiary/aromatic N) is 2. The molecule has 6 nitrogen and oxygen atoms in total. The topological polar surface area (TPSA) is 111 Å². The Labute approximate surface area is 159 Å². The van der Waals surface area contributed by atoms with Crippen LogP contribution in [0.15, 0.2) is 54.6 Å². The number of phenols is 1. The highest BCUT2D eigenvalue weighted by atomic mass is 16.5. The molecule has 132 valence electrons. The zero-order valence-corrected chi connectivity index (χ0v) is 14.3. The Morgan fingerprint density at radius 2 is 1.50 bits per heavy atom. The number of nitriles is 2. The minimum Gasteiger partial charge on any atom is -0.504 e. The van der Waals surface area contributed by atoms with Crippen molar-refractivity contribution in [2.24, 2.45) is 0 Å². The average molecular weight is 366 g/mol. The molecule has 1 aliphatic rings. The number of benzene rings is 3. The standard InChI is InChI=1S/C22H10N2O4/c23-10-12-4-3-7-18(16(12)11-24)28-22-17(25)9-8-15-19(22)21(27)14-6-2-1-5-13(14)20(15)26/h1-9,25H. The fraction of sp³-hybridized carbons (Fsp3) is 0. The van der Waals surface area contributed by atoms with Crippen molar-refractivity contribution in [3.8, 4) is 29.4 Å². The van der Waals surface area contributed by atoms with Crippen LogP contribution in [0.3, 0.4) is 0 Å². The number of fused-ring (bicyclic) bond motifs is 2. The number of ether oxygens (including phenoxy) is 1. The van der Waals surface area contributed by atoms with Crippen molar-refractivity contribution in [1.82, 2.24) is 0 Å². The maximum atomic E-state index is 13.0. The highest BCUT2D eigenvalue weighted by Crippen LogP contribution is 2.41. The summed E-state index contributed by atoms with van der Waals surface area (Å²) in [5.74, 6) is -1.40. The molecule has 3 aromatic carbocycles. The lowest BCUT2D eigenvalue weighted by molar-refractivity contribution is 0.0976. The van der Waals surface area contributed by atoms with E-state index in [1.165, 1.54) is 36.4 Å². The molecule has 0 spiro atoms. The Hall–Kier alpha value is -4.42. The Balaban J connectivity index is 1.93. The lowest BCUT2D eigenvalue weighted by Gasteiger charge is -2.21. The van der Waals surface area contributed by atoms with Gasteiger partial charge in [-0.1, -0.05) is 30.3 Å². The summed E-state index contributed by atoms with van der Waals surface area (Å²) in [6, 6.07) is 17.2. The Bertz CT molecular complexity index is 1260. The van der Waals surface area contributed by atoms with E-state index in [9.17, 15) is 20.0 Å². The van der Waals surface area contributed by atoms with E-state index in [2.05, 4.69) is 0 Å². The van der Waals surface area contributed by atoms with Crippen molar-refractivity contribution in [2.75, 3.05) is 0 Å². The molecule has 0 saturated heterocycles. The molecular formula is C22H10N2O4. The van der Waals surface area contributed by atoms with E-state index in [4.69, 9.17) is 10.00 Å². The van der Waals surface area contributed by atoms with E-state index in [1.807, 2.05) is 12.1 Å². The summed E-state index contributed by atoms with van der Waals surface area (Å²) in [7, 11) is 0. The SMILES string of the molecule is N#Cc1cccc(Oc2c(O)ccc3c2C(=O)c2ccccc2C3=O)c1C#N. The largest absolute Gasteiger partial charge is 0.504 e. The van der Waals surface area contributed by atoms with E-state index in [1.54, 1.807) is 18.2 Å². The fourth-order valence-electron chi connectivity index (χ4n) is 3.18. The minimum atomic E-state index is -0.467. The van der Waals surface area contributed by atoms with Gasteiger partial charge in [-0.2, -0.15) is 10.5 Å². The van der Waals surface area contributed by atoms with Crippen LogP contribution in [-0.2, 0) is 0 Å². The van der Waals surface area contributed by atoms with Gasteiger partial charge in [-0.15, -0.1) is 0 Å². The number of hydrogen-bond donors (Lipinski definition) is 1. The van der Waals surface area contributed by atoms with Crippen molar-refractivity contribution in [3.05, 3.63) is 88.0 Å². The Kier molecular flexibility index (Phi) is 3.88. The molecule has 0 unspecified atom stereocenters. The van der Waals surface area contributed by atoms with Gasteiger partial charge in [0.15, 0.2) is 23.1 Å². The number of rotatable bonds is 2. The van der Waals surface area contributed by atoms with Crippen LogP contribution in [0.25, 0.3) is 0 Å². The molecular weight excluding hydrogens is 356 g/mol. The number of phenolic OH excluding ortho intramolecular Hbond substituents is 1. The highest BCUT2D eigenvalue weighted by molar-refractivity contribution is 6.29. The van der Waals surface area contributed by atoms with Gasteiger partial charge in [-0.05, 0) is 24.3 Å². The van der Waals surface area contributed by atoms with E-state index in [-0.39, 0.29) is 56.4 Å². The number of carbonyl (C=O) groups is 2. The summed E-state index contributed by atoms with van der Waals surface area (Å²) in [4.78, 5) is 25.8. The van der Waals surface area contributed by atoms with Crippen LogP contribution in [-0.4, -0.2) is 16.7 Å². The van der Waals surface area contributed by atoms with Gasteiger partial charge in [0.1, 0.15) is 23.5 Å². The van der Waals surface area contributed by atoms with Crippen LogP contribution in [0, 0.1) is 22.7 Å². The molecule has 0 heterocycles. The van der Waals surface area contributed by atoms with Gasteiger partial charge in [0.25, 0.3) is 0 Å². The molecule has 0 aliphatic heterocycles. The quantitative estimate of drug-likeness (QED) is 0.579. The van der Waals surface area contributed by atoms with Gasteiger partial charge in [0.05, 0.1) is 11.1 Å². The predicted octanol–water partition coefficient (Wildman–Crippen LogP) is 3.70. The Morgan fingerprint density at radius 3 is 2.18 bits per heavy atom. The molecule has 0 bridgehead atoms. The Morgan fingerprint density at radius 1 is 0.786 bits per heavy atom. The molecule has 0 aromatic heterocycles. The summed E-state index contributed by atoms with van der Waals surface area (Å²) in [5.41, 5.74) is 0.581. The third-order valence-corrected chi connectivity index (χ3v) is 4.50. The van der Waals surface area contributed by atoms with Gasteiger partial charge in [0.2, 0.25) is 0 Å². The molecule has 0 fully saturated rings. The zero-order chi connectivity index (χ0) is 19.8. The second kappa shape index (κ2) is 6.39. The maximum absolute atomic E-state index is 13.0. The minimum absolute atomic E-state index is 0.00403. The van der Waals surface area contributed by atoms with Gasteiger partial charge in [0, 0.05) is 16.7 Å². The first-order valence-corrected chi connectivity index (χ1v) is 8.22. The van der Waals surface area contributed by atoms with Crippen LogP contribution < -0.4 is 4.74 Å². The van der Waals surface area contributed by atoms with Gasteiger partial charge < -0.3 is 9.84 Å². The molecule has 1 aliphatic carbocycles. The summed E-state index contributed by atoms with van der Waals surface area (Å²) < 4.78 is 5.71. The van der Waals surface area contributed by atoms with E-state index >= 15 is 0 Å². The smallest absolute Gasteiger partial charge is 0.198 e. The molecule has 0 saturated carbocycles. The van der Waals surface area contributed by atoms with Crippen LogP contribution in [0.4, 0.5) is 0 Å². The molecule has 6 heteroatoms. The van der Waals surface area contributed by atoms with Crippen LogP contribution in [0.5, 0.6) is 17.2 Å². The number of carbonyl (C=O) groups excluding carboxylic acids is 2. The number of ketones is 2. The van der Waals surface area contributed by atoms with Gasteiger partial charge in [-0.3, -0.25) is 9.59 Å². The second-order valence-corrected chi connectivity index (χ2v) is 6.04. The summed E-state index contributed by atoms with van der Waals surface area (Å²) in [5, 5.41) is 28.9. The van der Waals surface area contributed by atoms with Crippen molar-refractivity contribution >= 4 is 11.6 Å². The maximum Gasteiger partial charge on any atom is 0.198 e. The summed E-state index contributed by atoms with van der Waals surface area (Å²) >= 11 is 0. The first-order valence-electron chi connectivity index (χ1n) is 8.22. The van der Waals surface area contributed by atoms with Crippen molar-refractivity contribution in [1.29, 1.82) is 10.5 Å². The van der Waals surface area contributed by atoms with E-state index < -0.39 is 5.78 Å². The van der Waals surface area contributed by atoms with Crippen molar-refractivity contribution in [2.45, 2.75) is 0 Å². The first-order chi connectivity index (χ1) is 13.6. The number of aromatic hydroxyl groups is 1. The average Bonchev–Trinajstić information content (AvgIpc) is 2.73. The first kappa shape index (κ1) is 17.0. The monoisotopic (exact) mass is 366 g/mol. The molecule has 4 rings (SSSR count). The summed E-state index contributed by atoms with van der Waals surface area (Å²) in [6.07, 6.45) is 0. The van der Waals surface area contributed by atoms with Crippen LogP contribution in [0.2, 0.25) is 0 Å². The van der Waals surface area contributed by atoms with Crippen molar-refractivity contribution < 1.29 is 19.4 Å². The molecule has 0 radical (unpaired) electrons. The molecule has 0 atom stereocenters. The fourth-order valence-corrected chi connectivity index (χ4v) is 3.18. The van der Waals surface area contributed by atoms with Gasteiger partial charge in [-0.25, -0.2) is 0 Å².